The highest BCUT2D eigenvalue weighted by Gasteiger charge is 2.44. The van der Waals surface area contributed by atoms with Gasteiger partial charge in [-0.15, -0.1) is 0 Å². The van der Waals surface area contributed by atoms with Crippen molar-refractivity contribution in [1.82, 2.24) is 0 Å². The molecule has 2 aromatic carbocycles. The van der Waals surface area contributed by atoms with Crippen LogP contribution in [0.3, 0.4) is 0 Å². The topological polar surface area (TPSA) is 76.1 Å². The fourth-order valence-corrected chi connectivity index (χ4v) is 3.85. The zero-order chi connectivity index (χ0) is 23.0. The van der Waals surface area contributed by atoms with E-state index in [-0.39, 0.29) is 25.6 Å². The zero-order valence-corrected chi connectivity index (χ0v) is 18.4. The van der Waals surface area contributed by atoms with Crippen LogP contribution in [-0.4, -0.2) is 42.4 Å². The number of fused-ring (bicyclic) bond motifs is 1. The number of ether oxygens (including phenoxy) is 2. The number of carbonyl (C=O) groups excluding carboxylic acids is 1. The van der Waals surface area contributed by atoms with Crippen molar-refractivity contribution in [3.8, 4) is 11.5 Å². The first-order chi connectivity index (χ1) is 15.4. The summed E-state index contributed by atoms with van der Waals surface area (Å²) in [6.07, 6.45) is 3.17. The summed E-state index contributed by atoms with van der Waals surface area (Å²) in [6.45, 7) is 2.19. The lowest BCUT2D eigenvalue weighted by Crippen LogP contribution is -2.55. The van der Waals surface area contributed by atoms with E-state index in [0.29, 0.717) is 36.4 Å². The minimum absolute atomic E-state index is 0.133. The SMILES string of the molecule is CC1(CCOc2ccccc2CC(=O)O)Oc2ccccc2N(CCCCCCF)C1=O. The van der Waals surface area contributed by atoms with Gasteiger partial charge in [0, 0.05) is 18.5 Å². The molecule has 3 rings (SSSR count). The van der Waals surface area contributed by atoms with Crippen LogP contribution < -0.4 is 14.4 Å². The van der Waals surface area contributed by atoms with Crippen molar-refractivity contribution in [2.45, 2.75) is 51.0 Å². The normalized spacial score (nSPS) is 17.6. The maximum atomic E-state index is 13.4. The van der Waals surface area contributed by atoms with Crippen LogP contribution in [0, 0.1) is 0 Å². The largest absolute Gasteiger partial charge is 0.493 e. The van der Waals surface area contributed by atoms with Crippen molar-refractivity contribution >= 4 is 17.6 Å². The molecule has 32 heavy (non-hydrogen) atoms. The molecule has 0 aromatic heterocycles. The Kier molecular flexibility index (Phi) is 8.09. The van der Waals surface area contributed by atoms with Gasteiger partial charge < -0.3 is 19.5 Å². The van der Waals surface area contributed by atoms with Crippen LogP contribution in [-0.2, 0) is 16.0 Å². The van der Waals surface area contributed by atoms with Crippen molar-refractivity contribution in [3.05, 3.63) is 54.1 Å². The molecular formula is C25H30FNO5. The van der Waals surface area contributed by atoms with Crippen LogP contribution in [0.4, 0.5) is 10.1 Å². The van der Waals surface area contributed by atoms with Gasteiger partial charge in [0.25, 0.3) is 5.91 Å². The molecular weight excluding hydrogens is 413 g/mol. The standard InChI is InChI=1S/C25H30FNO5/c1-25(14-17-31-21-12-6-4-10-19(21)18-23(28)29)24(30)27(16-9-3-2-8-15-26)20-11-5-7-13-22(20)32-25/h4-7,10-13H,2-3,8-9,14-18H2,1H3,(H,28,29). The minimum Gasteiger partial charge on any atom is -0.493 e. The molecule has 1 amide bonds. The summed E-state index contributed by atoms with van der Waals surface area (Å²) in [5, 5.41) is 9.09. The third-order valence-corrected chi connectivity index (χ3v) is 5.61. The number of nitrogens with zero attached hydrogens (tertiary/aromatic N) is 1. The Bertz CT molecular complexity index is 934. The lowest BCUT2D eigenvalue weighted by molar-refractivity contribution is -0.136. The van der Waals surface area contributed by atoms with Crippen molar-refractivity contribution in [3.63, 3.8) is 0 Å². The van der Waals surface area contributed by atoms with Crippen LogP contribution in [0.2, 0.25) is 0 Å². The Morgan fingerprint density at radius 3 is 2.59 bits per heavy atom. The van der Waals surface area contributed by atoms with Gasteiger partial charge in [-0.05, 0) is 38.0 Å². The molecule has 0 saturated carbocycles. The van der Waals surface area contributed by atoms with Crippen LogP contribution >= 0.6 is 0 Å². The smallest absolute Gasteiger partial charge is 0.307 e. The van der Waals surface area contributed by atoms with E-state index in [1.807, 2.05) is 24.3 Å². The summed E-state index contributed by atoms with van der Waals surface area (Å²) >= 11 is 0. The Morgan fingerprint density at radius 2 is 1.81 bits per heavy atom. The number of anilines is 1. The average molecular weight is 444 g/mol. The summed E-state index contributed by atoms with van der Waals surface area (Å²) in [5.74, 6) is 0.0678. The average Bonchev–Trinajstić information content (AvgIpc) is 2.77. The molecule has 1 aliphatic heterocycles. The lowest BCUT2D eigenvalue weighted by Gasteiger charge is -2.40. The number of unbranched alkanes of at least 4 members (excludes halogenated alkanes) is 3. The van der Waals surface area contributed by atoms with E-state index in [1.54, 1.807) is 36.1 Å². The summed E-state index contributed by atoms with van der Waals surface area (Å²) in [6, 6.07) is 14.4. The van der Waals surface area contributed by atoms with E-state index in [1.165, 1.54) is 0 Å². The predicted octanol–water partition coefficient (Wildman–Crippen LogP) is 4.80. The molecule has 1 atom stereocenters. The number of amides is 1. The second kappa shape index (κ2) is 11.0. The molecule has 1 aliphatic rings. The zero-order valence-electron chi connectivity index (χ0n) is 18.4. The summed E-state index contributed by atoms with van der Waals surface area (Å²) in [7, 11) is 0. The molecule has 1 heterocycles. The highest BCUT2D eigenvalue weighted by Crippen LogP contribution is 2.39. The molecule has 0 aliphatic carbocycles. The van der Waals surface area contributed by atoms with Crippen molar-refractivity contribution in [2.24, 2.45) is 0 Å². The molecule has 2 aromatic rings. The summed E-state index contributed by atoms with van der Waals surface area (Å²) < 4.78 is 24.3. The first kappa shape index (κ1) is 23.6. The van der Waals surface area contributed by atoms with E-state index >= 15 is 0 Å². The number of para-hydroxylation sites is 3. The predicted molar refractivity (Wildman–Crippen MR) is 120 cm³/mol. The van der Waals surface area contributed by atoms with Gasteiger partial charge in [0.05, 0.1) is 25.4 Å². The minimum atomic E-state index is -1.10. The fraction of sp³-hybridized carbons (Fsp3) is 0.440. The molecule has 0 saturated heterocycles. The molecule has 0 fully saturated rings. The van der Waals surface area contributed by atoms with Crippen LogP contribution in [0.15, 0.2) is 48.5 Å². The fourth-order valence-electron chi connectivity index (χ4n) is 3.85. The van der Waals surface area contributed by atoms with Crippen molar-refractivity contribution in [2.75, 3.05) is 24.7 Å². The number of halogens is 1. The molecule has 1 unspecified atom stereocenters. The van der Waals surface area contributed by atoms with Gasteiger partial charge in [-0.2, -0.15) is 0 Å². The molecule has 7 heteroatoms. The molecule has 0 radical (unpaired) electrons. The number of carboxylic acids is 1. The van der Waals surface area contributed by atoms with E-state index in [4.69, 9.17) is 14.6 Å². The number of aliphatic carboxylic acids is 1. The molecule has 6 nitrogen and oxygen atoms in total. The van der Waals surface area contributed by atoms with Gasteiger partial charge in [0.1, 0.15) is 11.5 Å². The number of carbonyl (C=O) groups is 2. The van der Waals surface area contributed by atoms with Crippen LogP contribution in [0.5, 0.6) is 11.5 Å². The number of benzene rings is 2. The van der Waals surface area contributed by atoms with E-state index < -0.39 is 11.6 Å². The summed E-state index contributed by atoms with van der Waals surface area (Å²) in [4.78, 5) is 26.2. The molecule has 1 N–H and O–H groups in total. The second-order valence-corrected chi connectivity index (χ2v) is 8.14. The number of rotatable bonds is 12. The van der Waals surface area contributed by atoms with E-state index in [9.17, 15) is 14.0 Å². The van der Waals surface area contributed by atoms with Gasteiger partial charge in [-0.1, -0.05) is 43.2 Å². The first-order valence-electron chi connectivity index (χ1n) is 11.0. The number of carboxylic acid groups (broad SMARTS) is 1. The molecule has 172 valence electrons. The Morgan fingerprint density at radius 1 is 1.09 bits per heavy atom. The van der Waals surface area contributed by atoms with Gasteiger partial charge in [-0.3, -0.25) is 14.0 Å². The van der Waals surface area contributed by atoms with Crippen LogP contribution in [0.25, 0.3) is 0 Å². The highest BCUT2D eigenvalue weighted by molar-refractivity contribution is 6.02. The monoisotopic (exact) mass is 443 g/mol. The Hall–Kier alpha value is -3.09. The third kappa shape index (κ3) is 5.78. The van der Waals surface area contributed by atoms with Gasteiger partial charge >= 0.3 is 5.97 Å². The van der Waals surface area contributed by atoms with Gasteiger partial charge in [-0.25, -0.2) is 0 Å². The summed E-state index contributed by atoms with van der Waals surface area (Å²) in [5.41, 5.74) is 0.226. The molecule has 0 bridgehead atoms. The highest BCUT2D eigenvalue weighted by atomic mass is 19.1. The maximum absolute atomic E-state index is 13.4. The lowest BCUT2D eigenvalue weighted by atomic mass is 9.97. The van der Waals surface area contributed by atoms with E-state index in [2.05, 4.69) is 0 Å². The second-order valence-electron chi connectivity index (χ2n) is 8.14. The Labute approximate surface area is 187 Å². The molecule has 0 spiro atoms. The van der Waals surface area contributed by atoms with Crippen LogP contribution in [0.1, 0.15) is 44.6 Å². The Balaban J connectivity index is 1.68. The first-order valence-corrected chi connectivity index (χ1v) is 11.0. The van der Waals surface area contributed by atoms with Gasteiger partial charge in [0.2, 0.25) is 0 Å². The van der Waals surface area contributed by atoms with Crippen molar-refractivity contribution < 1.29 is 28.6 Å². The van der Waals surface area contributed by atoms with Gasteiger partial charge in [0.15, 0.2) is 5.60 Å². The number of alkyl halides is 1. The quantitative estimate of drug-likeness (QED) is 0.477. The number of hydrogen-bond donors (Lipinski definition) is 1. The number of hydrogen-bond acceptors (Lipinski definition) is 4. The maximum Gasteiger partial charge on any atom is 0.307 e. The van der Waals surface area contributed by atoms with Crippen molar-refractivity contribution in [1.29, 1.82) is 0 Å². The van der Waals surface area contributed by atoms with E-state index in [0.717, 1.165) is 24.9 Å². The third-order valence-electron chi connectivity index (χ3n) is 5.61.